The molecule has 6 heteroatoms. The highest BCUT2D eigenvalue weighted by molar-refractivity contribution is 7.18. The van der Waals surface area contributed by atoms with Crippen LogP contribution in [0.3, 0.4) is 0 Å². The maximum absolute atomic E-state index is 6.20. The van der Waals surface area contributed by atoms with Gasteiger partial charge in [-0.25, -0.2) is 4.98 Å². The zero-order valence-electron chi connectivity index (χ0n) is 16.7. The lowest BCUT2D eigenvalue weighted by Gasteiger charge is -2.33. The van der Waals surface area contributed by atoms with E-state index in [0.717, 1.165) is 24.1 Å². The molecule has 2 fully saturated rings. The number of hydrogen-bond acceptors (Lipinski definition) is 5. The fraction of sp³-hybridized carbons (Fsp3) is 0.650. The smallest absolute Gasteiger partial charge is 0.399 e. The summed E-state index contributed by atoms with van der Waals surface area (Å²) in [5.41, 5.74) is 1.50. The minimum atomic E-state index is -0.322. The maximum atomic E-state index is 6.20. The second-order valence-electron chi connectivity index (χ2n) is 9.00. The molecule has 1 aromatic carbocycles. The Hall–Kier alpha value is -0.945. The van der Waals surface area contributed by atoms with Crippen LogP contribution in [0.1, 0.15) is 52.0 Å². The molecule has 2 aliphatic heterocycles. The van der Waals surface area contributed by atoms with Crippen LogP contribution in [-0.2, 0) is 9.31 Å². The van der Waals surface area contributed by atoms with Crippen molar-refractivity contribution in [3.05, 3.63) is 23.2 Å². The van der Waals surface area contributed by atoms with Crippen LogP contribution >= 0.6 is 11.3 Å². The van der Waals surface area contributed by atoms with Crippen molar-refractivity contribution in [2.45, 2.75) is 58.2 Å². The summed E-state index contributed by atoms with van der Waals surface area (Å²) in [5.74, 6) is 1.22. The summed E-state index contributed by atoms with van der Waals surface area (Å²) in [6, 6.07) is 6.46. The lowest BCUT2D eigenvalue weighted by atomic mass is 9.79. The first-order valence-electron chi connectivity index (χ1n) is 9.61. The van der Waals surface area contributed by atoms with Gasteiger partial charge in [0.15, 0.2) is 0 Å². The number of benzene rings is 1. The van der Waals surface area contributed by atoms with Gasteiger partial charge in [-0.2, -0.15) is 0 Å². The minimum absolute atomic E-state index is 0.316. The van der Waals surface area contributed by atoms with E-state index in [1.165, 1.54) is 16.1 Å². The predicted molar refractivity (Wildman–Crippen MR) is 109 cm³/mol. The highest BCUT2D eigenvalue weighted by atomic mass is 32.1. The number of piperidine rings is 1. The van der Waals surface area contributed by atoms with E-state index in [9.17, 15) is 0 Å². The van der Waals surface area contributed by atoms with Crippen molar-refractivity contribution >= 4 is 34.1 Å². The first-order valence-corrected chi connectivity index (χ1v) is 10.4. The molecule has 3 heterocycles. The molecule has 2 aromatic rings. The van der Waals surface area contributed by atoms with Crippen LogP contribution in [0, 0.1) is 5.92 Å². The number of nitrogens with zero attached hydrogens (tertiary/aromatic N) is 2. The van der Waals surface area contributed by atoms with E-state index in [0.29, 0.717) is 11.8 Å². The van der Waals surface area contributed by atoms with Crippen molar-refractivity contribution in [2.75, 3.05) is 20.1 Å². The number of fused-ring (bicyclic) bond motifs is 1. The van der Waals surface area contributed by atoms with Gasteiger partial charge in [-0.05, 0) is 71.2 Å². The SMILES string of the molecule is CC1CN(C)CCC1c1nc2cc(B3OC(C)(C)C(C)(C)O3)ccc2s1. The molecule has 0 bridgehead atoms. The van der Waals surface area contributed by atoms with Crippen molar-refractivity contribution in [1.82, 2.24) is 9.88 Å². The van der Waals surface area contributed by atoms with Crippen LogP contribution in [0.25, 0.3) is 10.2 Å². The maximum Gasteiger partial charge on any atom is 0.494 e. The van der Waals surface area contributed by atoms with Crippen molar-refractivity contribution in [3.63, 3.8) is 0 Å². The van der Waals surface area contributed by atoms with Gasteiger partial charge in [-0.15, -0.1) is 11.3 Å². The van der Waals surface area contributed by atoms with Gasteiger partial charge in [0.05, 0.1) is 26.4 Å². The van der Waals surface area contributed by atoms with Gasteiger partial charge in [-0.1, -0.05) is 13.0 Å². The summed E-state index contributed by atoms with van der Waals surface area (Å²) >= 11 is 1.85. The van der Waals surface area contributed by atoms with E-state index < -0.39 is 0 Å². The average Bonchev–Trinajstić information content (AvgIpc) is 3.04. The normalized spacial score (nSPS) is 28.8. The van der Waals surface area contributed by atoms with E-state index in [1.807, 2.05) is 11.3 Å². The molecule has 0 N–H and O–H groups in total. The van der Waals surface area contributed by atoms with Gasteiger partial charge in [-0.3, -0.25) is 0 Å². The molecule has 140 valence electrons. The largest absolute Gasteiger partial charge is 0.494 e. The van der Waals surface area contributed by atoms with Crippen LogP contribution in [0.5, 0.6) is 0 Å². The Morgan fingerprint density at radius 2 is 1.88 bits per heavy atom. The van der Waals surface area contributed by atoms with E-state index >= 15 is 0 Å². The number of rotatable bonds is 2. The lowest BCUT2D eigenvalue weighted by molar-refractivity contribution is 0.00578. The number of hydrogen-bond donors (Lipinski definition) is 0. The summed E-state index contributed by atoms with van der Waals surface area (Å²) in [7, 11) is 1.89. The topological polar surface area (TPSA) is 34.6 Å². The first kappa shape index (κ1) is 18.4. The summed E-state index contributed by atoms with van der Waals surface area (Å²) in [6.07, 6.45) is 1.20. The quantitative estimate of drug-likeness (QED) is 0.754. The highest BCUT2D eigenvalue weighted by Gasteiger charge is 2.51. The lowest BCUT2D eigenvalue weighted by Crippen LogP contribution is -2.41. The second-order valence-corrected chi connectivity index (χ2v) is 10.1. The summed E-state index contributed by atoms with van der Waals surface area (Å²) in [6.45, 7) is 13.0. The molecule has 26 heavy (non-hydrogen) atoms. The summed E-state index contributed by atoms with van der Waals surface area (Å²) in [5, 5.41) is 1.28. The number of likely N-dealkylation sites (tertiary alicyclic amines) is 1. The highest BCUT2D eigenvalue weighted by Crippen LogP contribution is 2.38. The van der Waals surface area contributed by atoms with Crippen LogP contribution in [0.4, 0.5) is 0 Å². The molecule has 2 atom stereocenters. The second kappa shape index (κ2) is 6.30. The van der Waals surface area contributed by atoms with Crippen molar-refractivity contribution in [3.8, 4) is 0 Å². The van der Waals surface area contributed by atoms with Crippen LogP contribution < -0.4 is 5.46 Å². The summed E-state index contributed by atoms with van der Waals surface area (Å²) in [4.78, 5) is 7.43. The molecular weight excluding hydrogens is 343 g/mol. The Morgan fingerprint density at radius 1 is 1.19 bits per heavy atom. The van der Waals surface area contributed by atoms with Gasteiger partial charge in [0.2, 0.25) is 0 Å². The van der Waals surface area contributed by atoms with Crippen molar-refractivity contribution < 1.29 is 9.31 Å². The molecule has 2 unspecified atom stereocenters. The monoisotopic (exact) mass is 372 g/mol. The fourth-order valence-electron chi connectivity index (χ4n) is 3.97. The van der Waals surface area contributed by atoms with E-state index in [-0.39, 0.29) is 18.3 Å². The minimum Gasteiger partial charge on any atom is -0.399 e. The van der Waals surface area contributed by atoms with Crippen LogP contribution in [-0.4, -0.2) is 48.3 Å². The van der Waals surface area contributed by atoms with Gasteiger partial charge in [0, 0.05) is 12.5 Å². The van der Waals surface area contributed by atoms with Crippen LogP contribution in [0.15, 0.2) is 18.2 Å². The molecular formula is C20H29BN2O2S. The molecule has 1 aromatic heterocycles. The Kier molecular flexibility index (Phi) is 4.46. The predicted octanol–water partition coefficient (Wildman–Crippen LogP) is 3.65. The van der Waals surface area contributed by atoms with Crippen LogP contribution in [0.2, 0.25) is 0 Å². The van der Waals surface area contributed by atoms with E-state index in [2.05, 4.69) is 64.8 Å². The molecule has 2 saturated heterocycles. The van der Waals surface area contributed by atoms with Gasteiger partial charge < -0.3 is 14.2 Å². The van der Waals surface area contributed by atoms with E-state index in [4.69, 9.17) is 14.3 Å². The standard InChI is InChI=1S/C20H29BN2O2S/c1-13-12-23(6)10-9-15(13)18-22-16-11-14(7-8-17(16)26-18)21-24-19(2,3)20(4,5)25-21/h7-8,11,13,15H,9-10,12H2,1-6H3. The third-order valence-corrected chi connectivity index (χ3v) is 7.55. The molecule has 0 spiro atoms. The zero-order valence-corrected chi connectivity index (χ0v) is 17.5. The molecule has 0 aliphatic carbocycles. The number of aromatic nitrogens is 1. The van der Waals surface area contributed by atoms with Crippen molar-refractivity contribution in [1.29, 1.82) is 0 Å². The third kappa shape index (κ3) is 3.11. The Bertz CT molecular complexity index is 803. The van der Waals surface area contributed by atoms with Gasteiger partial charge >= 0.3 is 7.12 Å². The Labute approximate surface area is 161 Å². The molecule has 0 radical (unpaired) electrons. The van der Waals surface area contributed by atoms with E-state index in [1.54, 1.807) is 0 Å². The molecule has 4 nitrogen and oxygen atoms in total. The number of thiazole rings is 1. The Morgan fingerprint density at radius 3 is 2.54 bits per heavy atom. The first-order chi connectivity index (χ1) is 12.2. The van der Waals surface area contributed by atoms with Crippen molar-refractivity contribution in [2.24, 2.45) is 5.92 Å². The molecule has 0 saturated carbocycles. The fourth-order valence-corrected chi connectivity index (χ4v) is 5.18. The average molecular weight is 372 g/mol. The van der Waals surface area contributed by atoms with Gasteiger partial charge in [0.25, 0.3) is 0 Å². The third-order valence-electron chi connectivity index (χ3n) is 6.38. The van der Waals surface area contributed by atoms with Gasteiger partial charge in [0.1, 0.15) is 0 Å². The molecule has 0 amide bonds. The summed E-state index contributed by atoms with van der Waals surface area (Å²) < 4.78 is 13.7. The zero-order chi connectivity index (χ0) is 18.7. The molecule has 2 aliphatic rings. The molecule has 4 rings (SSSR count). The Balaban J connectivity index is 1.61.